The number of piperidine rings is 1. The van der Waals surface area contributed by atoms with E-state index in [-0.39, 0.29) is 17.2 Å². The molecule has 2 heterocycles. The van der Waals surface area contributed by atoms with Crippen LogP contribution in [0.4, 0.5) is 0 Å². The van der Waals surface area contributed by atoms with Gasteiger partial charge < -0.3 is 15.7 Å². The number of rotatable bonds is 4. The maximum absolute atomic E-state index is 9.73. The molecule has 0 amide bonds. The van der Waals surface area contributed by atoms with E-state index in [2.05, 4.69) is 49.6 Å². The molecule has 1 aliphatic carbocycles. The minimum Gasteiger partial charge on any atom is -0.393 e. The van der Waals surface area contributed by atoms with Gasteiger partial charge in [-0.05, 0) is 59.3 Å². The zero-order valence-electron chi connectivity index (χ0n) is 15.1. The van der Waals surface area contributed by atoms with Crippen LogP contribution in [0.1, 0.15) is 65.0 Å². The smallest absolute Gasteiger partial charge is 0.0547 e. The highest BCUT2D eigenvalue weighted by atomic mass is 16.3. The molecular weight excluding hydrogens is 288 g/mol. The number of aromatic nitrogens is 2. The molecule has 2 aliphatic rings. The molecular formula is C18H32N4O. The molecule has 0 bridgehead atoms. The van der Waals surface area contributed by atoms with Gasteiger partial charge in [0.05, 0.1) is 12.3 Å². The second-order valence-electron chi connectivity index (χ2n) is 8.97. The summed E-state index contributed by atoms with van der Waals surface area (Å²) in [4.78, 5) is 0. The monoisotopic (exact) mass is 320 g/mol. The van der Waals surface area contributed by atoms with E-state index in [0.717, 1.165) is 25.7 Å². The molecule has 1 aliphatic heterocycles. The molecule has 3 rings (SSSR count). The first-order valence-corrected chi connectivity index (χ1v) is 8.86. The molecule has 1 saturated carbocycles. The van der Waals surface area contributed by atoms with Crippen LogP contribution in [0.25, 0.3) is 0 Å². The Morgan fingerprint density at radius 2 is 1.87 bits per heavy atom. The summed E-state index contributed by atoms with van der Waals surface area (Å²) in [5, 5.41) is 21.7. The second kappa shape index (κ2) is 5.87. The zero-order chi connectivity index (χ0) is 16.8. The van der Waals surface area contributed by atoms with Gasteiger partial charge in [0.1, 0.15) is 0 Å². The SMILES string of the molecule is Cn1cc([C@H](NC2CC(C)(C)NC(C)(C)C2)C2CC(O)C2)cn1. The summed E-state index contributed by atoms with van der Waals surface area (Å²) < 4.78 is 1.87. The normalized spacial score (nSPS) is 31.6. The van der Waals surface area contributed by atoms with Crippen LogP contribution in [0.3, 0.4) is 0 Å². The fraction of sp³-hybridized carbons (Fsp3) is 0.833. The average molecular weight is 320 g/mol. The highest BCUT2D eigenvalue weighted by Gasteiger charge is 2.41. The summed E-state index contributed by atoms with van der Waals surface area (Å²) in [5.41, 5.74) is 1.52. The molecule has 0 aromatic carbocycles. The predicted octanol–water partition coefficient (Wildman–Crippen LogP) is 2.13. The Labute approximate surface area is 139 Å². The van der Waals surface area contributed by atoms with Gasteiger partial charge >= 0.3 is 0 Å². The van der Waals surface area contributed by atoms with Crippen LogP contribution < -0.4 is 10.6 Å². The van der Waals surface area contributed by atoms with Gasteiger partial charge in [-0.15, -0.1) is 0 Å². The topological polar surface area (TPSA) is 62.1 Å². The molecule has 0 spiro atoms. The lowest BCUT2D eigenvalue weighted by Gasteiger charge is -2.49. The standard InChI is InChI=1S/C18H32N4O/c1-17(2)8-14(9-18(3,4)21-17)20-16(12-6-15(23)7-12)13-10-19-22(5)11-13/h10-12,14-16,20-21,23H,6-9H2,1-5H3/t12?,15?,16-/m1/s1. The van der Waals surface area contributed by atoms with E-state index in [1.165, 1.54) is 5.56 Å². The van der Waals surface area contributed by atoms with Crippen molar-refractivity contribution in [3.8, 4) is 0 Å². The third-order valence-electron chi connectivity index (χ3n) is 5.31. The highest BCUT2D eigenvalue weighted by Crippen LogP contribution is 2.39. The molecule has 23 heavy (non-hydrogen) atoms. The Balaban J connectivity index is 1.75. The van der Waals surface area contributed by atoms with E-state index in [1.807, 2.05) is 17.9 Å². The number of aryl methyl sites for hydroxylation is 1. The third kappa shape index (κ3) is 3.95. The maximum atomic E-state index is 9.73. The molecule has 1 saturated heterocycles. The van der Waals surface area contributed by atoms with Crippen molar-refractivity contribution in [2.24, 2.45) is 13.0 Å². The molecule has 5 nitrogen and oxygen atoms in total. The van der Waals surface area contributed by atoms with Crippen molar-refractivity contribution >= 4 is 0 Å². The summed E-state index contributed by atoms with van der Waals surface area (Å²) in [6, 6.07) is 0.769. The van der Waals surface area contributed by atoms with Gasteiger partial charge in [-0.25, -0.2) is 0 Å². The Bertz CT molecular complexity index is 529. The van der Waals surface area contributed by atoms with Crippen LogP contribution in [-0.4, -0.2) is 38.1 Å². The number of nitrogens with zero attached hydrogens (tertiary/aromatic N) is 2. The van der Waals surface area contributed by atoms with E-state index in [1.54, 1.807) is 0 Å². The van der Waals surface area contributed by atoms with Crippen LogP contribution in [0.15, 0.2) is 12.4 Å². The summed E-state index contributed by atoms with van der Waals surface area (Å²) in [6.45, 7) is 9.15. The van der Waals surface area contributed by atoms with Crippen molar-refractivity contribution in [1.82, 2.24) is 20.4 Å². The number of hydrogen-bond donors (Lipinski definition) is 3. The van der Waals surface area contributed by atoms with Gasteiger partial charge in [-0.1, -0.05) is 0 Å². The van der Waals surface area contributed by atoms with Crippen molar-refractivity contribution < 1.29 is 5.11 Å². The molecule has 0 unspecified atom stereocenters. The van der Waals surface area contributed by atoms with Gasteiger partial charge in [0.25, 0.3) is 0 Å². The second-order valence-corrected chi connectivity index (χ2v) is 8.97. The van der Waals surface area contributed by atoms with E-state index in [4.69, 9.17) is 0 Å². The van der Waals surface area contributed by atoms with Crippen LogP contribution >= 0.6 is 0 Å². The molecule has 5 heteroatoms. The summed E-state index contributed by atoms with van der Waals surface area (Å²) >= 11 is 0. The average Bonchev–Trinajstić information content (AvgIpc) is 2.75. The number of hydrogen-bond acceptors (Lipinski definition) is 4. The molecule has 0 radical (unpaired) electrons. The first-order chi connectivity index (χ1) is 10.6. The maximum Gasteiger partial charge on any atom is 0.0547 e. The van der Waals surface area contributed by atoms with Gasteiger partial charge in [-0.2, -0.15) is 5.10 Å². The summed E-state index contributed by atoms with van der Waals surface area (Å²) in [6.07, 6.45) is 7.97. The number of aliphatic hydroxyl groups excluding tert-OH is 1. The Morgan fingerprint density at radius 3 is 2.35 bits per heavy atom. The van der Waals surface area contributed by atoms with E-state index < -0.39 is 0 Å². The Morgan fingerprint density at radius 1 is 1.26 bits per heavy atom. The van der Waals surface area contributed by atoms with E-state index >= 15 is 0 Å². The molecule has 3 N–H and O–H groups in total. The predicted molar refractivity (Wildman–Crippen MR) is 92.1 cm³/mol. The van der Waals surface area contributed by atoms with Crippen molar-refractivity contribution in [2.45, 2.75) is 82.6 Å². The van der Waals surface area contributed by atoms with Crippen molar-refractivity contribution in [1.29, 1.82) is 0 Å². The lowest BCUT2D eigenvalue weighted by Crippen LogP contribution is -2.62. The lowest BCUT2D eigenvalue weighted by atomic mass is 9.74. The van der Waals surface area contributed by atoms with Gasteiger partial charge in [-0.3, -0.25) is 4.68 Å². The van der Waals surface area contributed by atoms with Crippen molar-refractivity contribution in [3.63, 3.8) is 0 Å². The largest absolute Gasteiger partial charge is 0.393 e. The van der Waals surface area contributed by atoms with Crippen LogP contribution in [0.2, 0.25) is 0 Å². The summed E-state index contributed by atoms with van der Waals surface area (Å²) in [5.74, 6) is 0.510. The summed E-state index contributed by atoms with van der Waals surface area (Å²) in [7, 11) is 1.97. The minimum atomic E-state index is -0.123. The van der Waals surface area contributed by atoms with Crippen molar-refractivity contribution in [2.75, 3.05) is 0 Å². The quantitative estimate of drug-likeness (QED) is 0.795. The fourth-order valence-electron chi connectivity index (χ4n) is 4.70. The Hall–Kier alpha value is -0.910. The lowest BCUT2D eigenvalue weighted by molar-refractivity contribution is 0.0171. The van der Waals surface area contributed by atoms with Crippen LogP contribution in [0.5, 0.6) is 0 Å². The Kier molecular flexibility index (Phi) is 4.32. The number of aliphatic hydroxyl groups is 1. The molecule has 1 aromatic heterocycles. The molecule has 1 atom stereocenters. The fourth-order valence-corrected chi connectivity index (χ4v) is 4.70. The van der Waals surface area contributed by atoms with Crippen LogP contribution in [-0.2, 0) is 7.05 Å². The van der Waals surface area contributed by atoms with Crippen molar-refractivity contribution in [3.05, 3.63) is 18.0 Å². The van der Waals surface area contributed by atoms with Gasteiger partial charge in [0, 0.05) is 42.0 Å². The molecule has 1 aromatic rings. The molecule has 130 valence electrons. The molecule has 2 fully saturated rings. The number of nitrogens with one attached hydrogen (secondary N) is 2. The van der Waals surface area contributed by atoms with Gasteiger partial charge in [0.2, 0.25) is 0 Å². The first kappa shape index (κ1) is 16.9. The van der Waals surface area contributed by atoms with E-state index in [0.29, 0.717) is 18.0 Å². The first-order valence-electron chi connectivity index (χ1n) is 8.86. The van der Waals surface area contributed by atoms with Crippen LogP contribution in [0, 0.1) is 5.92 Å². The highest BCUT2D eigenvalue weighted by molar-refractivity contribution is 5.15. The third-order valence-corrected chi connectivity index (χ3v) is 5.31. The zero-order valence-corrected chi connectivity index (χ0v) is 15.1. The minimum absolute atomic E-state index is 0.123. The van der Waals surface area contributed by atoms with Gasteiger partial charge in [0.15, 0.2) is 0 Å². The van der Waals surface area contributed by atoms with E-state index in [9.17, 15) is 5.11 Å².